The van der Waals surface area contributed by atoms with E-state index in [4.69, 9.17) is 4.74 Å². The van der Waals surface area contributed by atoms with Gasteiger partial charge in [-0.2, -0.15) is 0 Å². The highest BCUT2D eigenvalue weighted by Gasteiger charge is 2.21. The molecule has 0 spiro atoms. The average molecular weight is 291 g/mol. The van der Waals surface area contributed by atoms with Crippen LogP contribution in [0, 0.1) is 0 Å². The van der Waals surface area contributed by atoms with Crippen molar-refractivity contribution < 1.29 is 20.1 Å². The van der Waals surface area contributed by atoms with E-state index in [1.807, 2.05) is 0 Å². The van der Waals surface area contributed by atoms with Crippen molar-refractivity contribution in [1.82, 2.24) is 0 Å². The molecular weight excluding hydrogens is 276 g/mol. The topological polar surface area (TPSA) is 69.9 Å². The van der Waals surface area contributed by atoms with E-state index in [1.165, 1.54) is 25.3 Å². The normalized spacial score (nSPS) is 14.5. The van der Waals surface area contributed by atoms with Crippen molar-refractivity contribution in [2.24, 2.45) is 0 Å². The minimum absolute atomic E-state index is 0.0581. The van der Waals surface area contributed by atoms with Crippen LogP contribution >= 0.6 is 15.9 Å². The van der Waals surface area contributed by atoms with Gasteiger partial charge in [-0.1, -0.05) is 15.9 Å². The molecule has 16 heavy (non-hydrogen) atoms. The van der Waals surface area contributed by atoms with E-state index in [0.29, 0.717) is 23.1 Å². The van der Waals surface area contributed by atoms with Crippen molar-refractivity contribution in [2.75, 3.05) is 12.4 Å². The summed E-state index contributed by atoms with van der Waals surface area (Å²) in [6, 6.07) is 4.39. The van der Waals surface area contributed by atoms with Gasteiger partial charge >= 0.3 is 0 Å². The smallest absolute Gasteiger partial charge is 0.128 e. The number of phenols is 1. The summed E-state index contributed by atoms with van der Waals surface area (Å²) in [5.41, 5.74) is 0.466. The van der Waals surface area contributed by atoms with Gasteiger partial charge in [0.2, 0.25) is 0 Å². The predicted molar refractivity (Wildman–Crippen MR) is 64.0 cm³/mol. The lowest BCUT2D eigenvalue weighted by molar-refractivity contribution is 0.0160. The maximum atomic E-state index is 9.89. The quantitative estimate of drug-likeness (QED) is 0.720. The highest BCUT2D eigenvalue weighted by Crippen LogP contribution is 2.31. The number of alkyl halides is 1. The van der Waals surface area contributed by atoms with Crippen LogP contribution in [0.2, 0.25) is 0 Å². The highest BCUT2D eigenvalue weighted by atomic mass is 79.9. The Morgan fingerprint density at radius 1 is 1.38 bits per heavy atom. The summed E-state index contributed by atoms with van der Waals surface area (Å²) < 4.78 is 5.03. The van der Waals surface area contributed by atoms with E-state index in [2.05, 4.69) is 15.9 Å². The molecule has 0 fully saturated rings. The minimum atomic E-state index is -1.02. The zero-order chi connectivity index (χ0) is 12.1. The lowest BCUT2D eigenvalue weighted by Gasteiger charge is -2.19. The van der Waals surface area contributed by atoms with Gasteiger partial charge in [-0.05, 0) is 18.6 Å². The second kappa shape index (κ2) is 6.08. The van der Waals surface area contributed by atoms with E-state index in [9.17, 15) is 15.3 Å². The molecule has 1 aromatic rings. The third-order valence-corrected chi connectivity index (χ3v) is 2.76. The molecule has 0 aromatic heterocycles. The Morgan fingerprint density at radius 2 is 2.06 bits per heavy atom. The first-order chi connectivity index (χ1) is 7.60. The molecule has 2 atom stereocenters. The molecule has 1 aromatic carbocycles. The monoisotopic (exact) mass is 290 g/mol. The number of ether oxygens (including phenoxy) is 1. The van der Waals surface area contributed by atoms with Gasteiger partial charge < -0.3 is 20.1 Å². The fraction of sp³-hybridized carbons (Fsp3) is 0.455. The van der Waals surface area contributed by atoms with Crippen LogP contribution in [0.3, 0.4) is 0 Å². The molecule has 0 aliphatic rings. The summed E-state index contributed by atoms with van der Waals surface area (Å²) >= 11 is 3.20. The van der Waals surface area contributed by atoms with E-state index < -0.39 is 12.2 Å². The average Bonchev–Trinajstić information content (AvgIpc) is 2.28. The lowest BCUT2D eigenvalue weighted by Crippen LogP contribution is -2.19. The Kier molecular flexibility index (Phi) is 5.05. The molecule has 0 aliphatic carbocycles. The summed E-state index contributed by atoms with van der Waals surface area (Å²) in [7, 11) is 1.45. The lowest BCUT2D eigenvalue weighted by atomic mass is 10.0. The van der Waals surface area contributed by atoms with Gasteiger partial charge in [-0.25, -0.2) is 0 Å². The minimum Gasteiger partial charge on any atom is -0.508 e. The van der Waals surface area contributed by atoms with Gasteiger partial charge in [0.15, 0.2) is 0 Å². The molecule has 0 radical (unpaired) electrons. The number of aliphatic hydroxyl groups excluding tert-OH is 2. The van der Waals surface area contributed by atoms with E-state index in [1.54, 1.807) is 0 Å². The molecule has 0 saturated carbocycles. The molecule has 90 valence electrons. The molecule has 4 nitrogen and oxygen atoms in total. The van der Waals surface area contributed by atoms with Crippen molar-refractivity contribution in [1.29, 1.82) is 0 Å². The van der Waals surface area contributed by atoms with Crippen LogP contribution in [-0.4, -0.2) is 33.9 Å². The molecule has 0 saturated heterocycles. The van der Waals surface area contributed by atoms with E-state index in [-0.39, 0.29) is 5.75 Å². The predicted octanol–water partition coefficient (Wildman–Crippen LogP) is 1.58. The van der Waals surface area contributed by atoms with Crippen molar-refractivity contribution in [3.63, 3.8) is 0 Å². The van der Waals surface area contributed by atoms with Gasteiger partial charge in [-0.3, -0.25) is 0 Å². The number of hydrogen-bond acceptors (Lipinski definition) is 4. The van der Waals surface area contributed by atoms with Crippen LogP contribution in [0.1, 0.15) is 18.1 Å². The van der Waals surface area contributed by atoms with Gasteiger partial charge in [-0.15, -0.1) is 0 Å². The van der Waals surface area contributed by atoms with Crippen LogP contribution in [0.5, 0.6) is 11.5 Å². The fourth-order valence-electron chi connectivity index (χ4n) is 1.42. The number of aliphatic hydroxyl groups is 2. The Hall–Kier alpha value is -0.780. The van der Waals surface area contributed by atoms with E-state index >= 15 is 0 Å². The summed E-state index contributed by atoms with van der Waals surface area (Å²) in [4.78, 5) is 0. The van der Waals surface area contributed by atoms with Crippen LogP contribution in [0.25, 0.3) is 0 Å². The second-order valence-corrected chi connectivity index (χ2v) is 4.21. The van der Waals surface area contributed by atoms with Crippen molar-refractivity contribution in [3.8, 4) is 11.5 Å². The summed E-state index contributed by atoms with van der Waals surface area (Å²) in [6.07, 6.45) is -1.45. The largest absolute Gasteiger partial charge is 0.508 e. The first-order valence-electron chi connectivity index (χ1n) is 4.89. The number of rotatable bonds is 5. The SMILES string of the molecule is COc1cc(O)ccc1C(O)C(O)CCBr. The molecule has 0 bridgehead atoms. The van der Waals surface area contributed by atoms with Gasteiger partial charge in [0.1, 0.15) is 17.6 Å². The maximum Gasteiger partial charge on any atom is 0.128 e. The molecule has 0 aliphatic heterocycles. The van der Waals surface area contributed by atoms with Crippen molar-refractivity contribution in [3.05, 3.63) is 23.8 Å². The van der Waals surface area contributed by atoms with E-state index in [0.717, 1.165) is 0 Å². The van der Waals surface area contributed by atoms with Crippen molar-refractivity contribution >= 4 is 15.9 Å². The van der Waals surface area contributed by atoms with Crippen LogP contribution < -0.4 is 4.74 Å². The Balaban J connectivity index is 2.93. The highest BCUT2D eigenvalue weighted by molar-refractivity contribution is 9.09. The molecule has 0 amide bonds. The van der Waals surface area contributed by atoms with Gasteiger partial charge in [0, 0.05) is 17.0 Å². The molecule has 3 N–H and O–H groups in total. The van der Waals surface area contributed by atoms with Gasteiger partial charge in [0.05, 0.1) is 13.2 Å². The standard InChI is InChI=1S/C11H15BrO4/c1-16-10-6-7(13)2-3-8(10)11(15)9(14)4-5-12/h2-3,6,9,11,13-15H,4-5H2,1H3. The molecule has 0 heterocycles. The first kappa shape index (κ1) is 13.3. The number of aromatic hydroxyl groups is 1. The number of halogens is 1. The molecule has 1 rings (SSSR count). The maximum absolute atomic E-state index is 9.89. The Labute approximate surface area is 103 Å². The third kappa shape index (κ3) is 3.10. The number of hydrogen-bond donors (Lipinski definition) is 3. The zero-order valence-electron chi connectivity index (χ0n) is 8.93. The molecule has 5 heteroatoms. The molecular formula is C11H15BrO4. The van der Waals surface area contributed by atoms with Crippen LogP contribution in [0.15, 0.2) is 18.2 Å². The third-order valence-electron chi connectivity index (χ3n) is 2.31. The summed E-state index contributed by atoms with van der Waals surface area (Å²) in [5, 5.41) is 29.4. The van der Waals surface area contributed by atoms with Gasteiger partial charge in [0.25, 0.3) is 0 Å². The van der Waals surface area contributed by atoms with Crippen LogP contribution in [-0.2, 0) is 0 Å². The summed E-state index contributed by atoms with van der Waals surface area (Å²) in [5.74, 6) is 0.420. The van der Waals surface area contributed by atoms with Crippen LogP contribution in [0.4, 0.5) is 0 Å². The Morgan fingerprint density at radius 3 is 2.62 bits per heavy atom. The first-order valence-corrected chi connectivity index (χ1v) is 6.01. The Bertz CT molecular complexity index is 343. The fourth-order valence-corrected chi connectivity index (χ4v) is 1.89. The number of benzene rings is 1. The summed E-state index contributed by atoms with van der Waals surface area (Å²) in [6.45, 7) is 0. The second-order valence-electron chi connectivity index (χ2n) is 3.42. The number of methoxy groups -OCH3 is 1. The van der Waals surface area contributed by atoms with Crippen molar-refractivity contribution in [2.45, 2.75) is 18.6 Å². The number of phenolic OH excluding ortho intramolecular Hbond substituents is 1. The zero-order valence-corrected chi connectivity index (χ0v) is 10.5. The molecule has 2 unspecified atom stereocenters.